The van der Waals surface area contributed by atoms with E-state index in [2.05, 4.69) is 4.98 Å². The predicted octanol–water partition coefficient (Wildman–Crippen LogP) is 4.42. The van der Waals surface area contributed by atoms with E-state index >= 15 is 0 Å². The van der Waals surface area contributed by atoms with E-state index in [4.69, 9.17) is 11.6 Å². The fourth-order valence-electron chi connectivity index (χ4n) is 1.42. The molecule has 0 atom stereocenters. The number of hydrogen-bond acceptors (Lipinski definition) is 1. The summed E-state index contributed by atoms with van der Waals surface area (Å²) in [4.78, 5) is 3.88. The summed E-state index contributed by atoms with van der Waals surface area (Å²) < 4.78 is 37.1. The molecule has 0 bridgehead atoms. The van der Waals surface area contributed by atoms with Crippen molar-refractivity contribution in [2.45, 2.75) is 6.18 Å². The van der Waals surface area contributed by atoms with Crippen LogP contribution in [0.2, 0.25) is 5.02 Å². The van der Waals surface area contributed by atoms with Gasteiger partial charge in [-0.25, -0.2) is 0 Å². The molecule has 0 spiro atoms. The third-order valence-corrected chi connectivity index (χ3v) is 2.46. The van der Waals surface area contributed by atoms with Crippen LogP contribution in [-0.2, 0) is 6.18 Å². The maximum atomic E-state index is 12.4. The van der Waals surface area contributed by atoms with Gasteiger partial charge < -0.3 is 0 Å². The fourth-order valence-corrected chi connectivity index (χ4v) is 1.60. The van der Waals surface area contributed by atoms with Crippen LogP contribution in [0.5, 0.6) is 0 Å². The maximum Gasteiger partial charge on any atom is 0.416 e. The average molecular weight is 258 g/mol. The lowest BCUT2D eigenvalue weighted by atomic mass is 10.1. The molecule has 0 aliphatic heterocycles. The van der Waals surface area contributed by atoms with E-state index in [0.717, 1.165) is 12.1 Å². The van der Waals surface area contributed by atoms with Gasteiger partial charge in [-0.2, -0.15) is 13.2 Å². The van der Waals surface area contributed by atoms with E-state index in [9.17, 15) is 13.2 Å². The van der Waals surface area contributed by atoms with Crippen molar-refractivity contribution in [3.63, 3.8) is 0 Å². The van der Waals surface area contributed by atoms with Crippen molar-refractivity contribution in [2.24, 2.45) is 0 Å². The molecule has 2 rings (SSSR count). The quantitative estimate of drug-likeness (QED) is 0.737. The first-order valence-electron chi connectivity index (χ1n) is 4.75. The number of halogens is 4. The van der Waals surface area contributed by atoms with Crippen molar-refractivity contribution in [1.29, 1.82) is 0 Å². The Morgan fingerprint density at radius 2 is 1.59 bits per heavy atom. The number of pyridine rings is 1. The Morgan fingerprint density at radius 3 is 2.12 bits per heavy atom. The second-order valence-corrected chi connectivity index (χ2v) is 3.90. The first-order chi connectivity index (χ1) is 7.97. The van der Waals surface area contributed by atoms with Crippen molar-refractivity contribution in [3.8, 4) is 11.1 Å². The van der Waals surface area contributed by atoms with E-state index in [1.807, 2.05) is 0 Å². The second kappa shape index (κ2) is 4.37. The molecule has 0 amide bonds. The minimum absolute atomic E-state index is 0.447. The van der Waals surface area contributed by atoms with E-state index in [1.54, 1.807) is 12.3 Å². The largest absolute Gasteiger partial charge is 0.416 e. The lowest BCUT2D eigenvalue weighted by molar-refractivity contribution is -0.137. The Balaban J connectivity index is 2.36. The van der Waals surface area contributed by atoms with Crippen molar-refractivity contribution < 1.29 is 13.2 Å². The zero-order valence-electron chi connectivity index (χ0n) is 8.50. The molecule has 1 heterocycles. The van der Waals surface area contributed by atoms with Crippen molar-refractivity contribution >= 4 is 11.6 Å². The van der Waals surface area contributed by atoms with Crippen molar-refractivity contribution in [3.05, 3.63) is 53.3 Å². The molecule has 0 unspecified atom stereocenters. The molecule has 88 valence electrons. The van der Waals surface area contributed by atoms with Gasteiger partial charge in [-0.05, 0) is 23.8 Å². The van der Waals surface area contributed by atoms with Crippen molar-refractivity contribution in [2.75, 3.05) is 0 Å². The number of benzene rings is 1. The fraction of sp³-hybridized carbons (Fsp3) is 0.0833. The normalized spacial score (nSPS) is 11.5. The number of hydrogen-bond donors (Lipinski definition) is 0. The van der Waals surface area contributed by atoms with Crippen LogP contribution in [0, 0.1) is 0 Å². The van der Waals surface area contributed by atoms with Crippen LogP contribution in [0.15, 0.2) is 42.7 Å². The molecule has 0 saturated heterocycles. The molecule has 1 aromatic heterocycles. The Morgan fingerprint density at radius 1 is 0.941 bits per heavy atom. The minimum atomic E-state index is -4.31. The molecular formula is C12H7ClF3N. The van der Waals surface area contributed by atoms with E-state index in [-0.39, 0.29) is 0 Å². The van der Waals surface area contributed by atoms with Gasteiger partial charge in [0.15, 0.2) is 0 Å². The maximum absolute atomic E-state index is 12.4. The highest BCUT2D eigenvalue weighted by Gasteiger charge is 2.29. The molecule has 2 aromatic rings. The van der Waals surface area contributed by atoms with Crippen LogP contribution < -0.4 is 0 Å². The molecule has 0 saturated carbocycles. The Kier molecular flexibility index (Phi) is 3.07. The van der Waals surface area contributed by atoms with Gasteiger partial charge in [0, 0.05) is 18.0 Å². The summed E-state index contributed by atoms with van der Waals surface area (Å²) in [7, 11) is 0. The summed E-state index contributed by atoms with van der Waals surface area (Å²) >= 11 is 5.76. The highest BCUT2D eigenvalue weighted by molar-refractivity contribution is 6.30. The van der Waals surface area contributed by atoms with Crippen LogP contribution in [-0.4, -0.2) is 4.98 Å². The summed E-state index contributed by atoms with van der Waals surface area (Å²) in [6.07, 6.45) is -1.30. The standard InChI is InChI=1S/C12H7ClF3N/c13-11-5-9(6-17-7-11)8-1-3-10(4-2-8)12(14,15)16/h1-7H. The van der Waals surface area contributed by atoms with Crippen LogP contribution in [0.4, 0.5) is 13.2 Å². The molecule has 0 aliphatic rings. The molecule has 0 N–H and O–H groups in total. The summed E-state index contributed by atoms with van der Waals surface area (Å²) in [5, 5.41) is 0.447. The number of rotatable bonds is 1. The van der Waals surface area contributed by atoms with Gasteiger partial charge in [0.2, 0.25) is 0 Å². The Hall–Kier alpha value is -1.55. The Bertz CT molecular complexity index is 520. The first kappa shape index (κ1) is 11.9. The highest BCUT2D eigenvalue weighted by Crippen LogP contribution is 2.31. The Labute approximate surface area is 101 Å². The zero-order valence-corrected chi connectivity index (χ0v) is 9.26. The summed E-state index contributed by atoms with van der Waals surface area (Å²) in [6.45, 7) is 0. The van der Waals surface area contributed by atoms with E-state index in [0.29, 0.717) is 16.1 Å². The monoisotopic (exact) mass is 257 g/mol. The van der Waals surface area contributed by atoms with Crippen LogP contribution in [0.25, 0.3) is 11.1 Å². The van der Waals surface area contributed by atoms with Gasteiger partial charge in [0.05, 0.1) is 10.6 Å². The van der Waals surface area contributed by atoms with Gasteiger partial charge >= 0.3 is 6.18 Å². The van der Waals surface area contributed by atoms with Crippen LogP contribution in [0.3, 0.4) is 0 Å². The molecule has 0 aliphatic carbocycles. The topological polar surface area (TPSA) is 12.9 Å². The molecule has 17 heavy (non-hydrogen) atoms. The zero-order chi connectivity index (χ0) is 12.5. The van der Waals surface area contributed by atoms with Gasteiger partial charge in [-0.1, -0.05) is 23.7 Å². The number of aromatic nitrogens is 1. The predicted molar refractivity (Wildman–Crippen MR) is 59.7 cm³/mol. The molecule has 0 radical (unpaired) electrons. The second-order valence-electron chi connectivity index (χ2n) is 3.47. The smallest absolute Gasteiger partial charge is 0.263 e. The number of alkyl halides is 3. The third kappa shape index (κ3) is 2.77. The third-order valence-electron chi connectivity index (χ3n) is 2.25. The summed E-state index contributed by atoms with van der Waals surface area (Å²) in [6, 6.07) is 6.52. The first-order valence-corrected chi connectivity index (χ1v) is 5.13. The minimum Gasteiger partial charge on any atom is -0.263 e. The molecule has 1 nitrogen and oxygen atoms in total. The van der Waals surface area contributed by atoms with Crippen LogP contribution >= 0.6 is 11.6 Å². The average Bonchev–Trinajstić information content (AvgIpc) is 2.28. The summed E-state index contributed by atoms with van der Waals surface area (Å²) in [5.74, 6) is 0. The van der Waals surface area contributed by atoms with Crippen LogP contribution in [0.1, 0.15) is 5.56 Å². The van der Waals surface area contributed by atoms with Gasteiger partial charge in [-0.3, -0.25) is 4.98 Å². The van der Waals surface area contributed by atoms with Gasteiger partial charge in [0.25, 0.3) is 0 Å². The van der Waals surface area contributed by atoms with E-state index in [1.165, 1.54) is 18.3 Å². The van der Waals surface area contributed by atoms with E-state index < -0.39 is 11.7 Å². The summed E-state index contributed by atoms with van der Waals surface area (Å²) in [5.41, 5.74) is 0.662. The highest BCUT2D eigenvalue weighted by atomic mass is 35.5. The molecular weight excluding hydrogens is 251 g/mol. The SMILES string of the molecule is FC(F)(F)c1ccc(-c2cncc(Cl)c2)cc1. The number of nitrogens with zero attached hydrogens (tertiary/aromatic N) is 1. The molecule has 0 fully saturated rings. The lowest BCUT2D eigenvalue weighted by Crippen LogP contribution is -2.03. The van der Waals surface area contributed by atoms with Crippen molar-refractivity contribution in [1.82, 2.24) is 4.98 Å². The molecule has 5 heteroatoms. The van der Waals surface area contributed by atoms with Gasteiger partial charge in [0.1, 0.15) is 0 Å². The van der Waals surface area contributed by atoms with Gasteiger partial charge in [-0.15, -0.1) is 0 Å². The molecule has 1 aromatic carbocycles. The lowest BCUT2D eigenvalue weighted by Gasteiger charge is -2.07.